The topological polar surface area (TPSA) is 51.0 Å². The van der Waals surface area contributed by atoms with Gasteiger partial charge in [0.1, 0.15) is 0 Å². The minimum absolute atomic E-state index is 0.458. The zero-order valence-electron chi connectivity index (χ0n) is 10.2. The van der Waals surface area contributed by atoms with Crippen molar-refractivity contribution in [1.29, 1.82) is 0 Å². The Labute approximate surface area is 96.8 Å². The van der Waals surface area contributed by atoms with E-state index in [4.69, 9.17) is 4.52 Å². The molecule has 0 spiro atoms. The van der Waals surface area contributed by atoms with Gasteiger partial charge in [-0.3, -0.25) is 0 Å². The zero-order chi connectivity index (χ0) is 11.4. The number of nitrogens with one attached hydrogen (secondary N) is 1. The molecule has 1 N–H and O–H groups in total. The Morgan fingerprint density at radius 3 is 2.81 bits per heavy atom. The number of likely N-dealkylation sites (N-methyl/N-ethyl adjacent to an activating group) is 1. The lowest BCUT2D eigenvalue weighted by Gasteiger charge is -2.21. The van der Waals surface area contributed by atoms with Gasteiger partial charge in [-0.2, -0.15) is 4.98 Å². The molecule has 90 valence electrons. The SMILES string of the molecule is CCNC(CC)Cc1nc(C2CCC2)no1. The van der Waals surface area contributed by atoms with Gasteiger partial charge in [0.15, 0.2) is 5.82 Å². The van der Waals surface area contributed by atoms with E-state index in [2.05, 4.69) is 29.3 Å². The van der Waals surface area contributed by atoms with Crippen LogP contribution in [0.15, 0.2) is 4.52 Å². The Hall–Kier alpha value is -0.900. The van der Waals surface area contributed by atoms with Gasteiger partial charge in [0.25, 0.3) is 0 Å². The summed E-state index contributed by atoms with van der Waals surface area (Å²) in [6.07, 6.45) is 5.70. The number of hydrogen-bond donors (Lipinski definition) is 1. The van der Waals surface area contributed by atoms with Crippen molar-refractivity contribution in [3.8, 4) is 0 Å². The van der Waals surface area contributed by atoms with Crippen LogP contribution in [0.1, 0.15) is 57.2 Å². The monoisotopic (exact) mass is 223 g/mol. The van der Waals surface area contributed by atoms with E-state index in [-0.39, 0.29) is 0 Å². The highest BCUT2D eigenvalue weighted by atomic mass is 16.5. The second-order valence-electron chi connectivity index (χ2n) is 4.54. The molecule has 1 atom stereocenters. The lowest BCUT2D eigenvalue weighted by molar-refractivity contribution is 0.336. The van der Waals surface area contributed by atoms with E-state index >= 15 is 0 Å². The van der Waals surface area contributed by atoms with Gasteiger partial charge in [0.2, 0.25) is 5.89 Å². The molecule has 16 heavy (non-hydrogen) atoms. The highest BCUT2D eigenvalue weighted by Gasteiger charge is 2.25. The standard InChI is InChI=1S/C12H21N3O/c1-3-10(13-4-2)8-11-14-12(15-16-11)9-6-5-7-9/h9-10,13H,3-8H2,1-2H3. The molecule has 1 aliphatic rings. The molecular weight excluding hydrogens is 202 g/mol. The fraction of sp³-hybridized carbons (Fsp3) is 0.833. The molecule has 1 aromatic heterocycles. The molecule has 0 radical (unpaired) electrons. The normalized spacial score (nSPS) is 18.4. The molecule has 1 fully saturated rings. The summed E-state index contributed by atoms with van der Waals surface area (Å²) in [6, 6.07) is 0.458. The quantitative estimate of drug-likeness (QED) is 0.803. The van der Waals surface area contributed by atoms with Crippen LogP contribution in [0.4, 0.5) is 0 Å². The third-order valence-electron chi connectivity index (χ3n) is 3.36. The molecule has 0 amide bonds. The van der Waals surface area contributed by atoms with Crippen molar-refractivity contribution in [3.05, 3.63) is 11.7 Å². The number of rotatable bonds is 6. The van der Waals surface area contributed by atoms with Crippen molar-refractivity contribution >= 4 is 0 Å². The molecule has 1 aromatic rings. The fourth-order valence-corrected chi connectivity index (χ4v) is 2.04. The van der Waals surface area contributed by atoms with Gasteiger partial charge in [-0.1, -0.05) is 25.4 Å². The van der Waals surface area contributed by atoms with Crippen LogP contribution in [0.25, 0.3) is 0 Å². The highest BCUT2D eigenvalue weighted by Crippen LogP contribution is 2.34. The molecule has 1 saturated carbocycles. The molecule has 1 aliphatic carbocycles. The summed E-state index contributed by atoms with van der Waals surface area (Å²) in [6.45, 7) is 5.29. The second kappa shape index (κ2) is 5.43. The fourth-order valence-electron chi connectivity index (χ4n) is 2.04. The maximum atomic E-state index is 5.30. The first-order chi connectivity index (χ1) is 7.83. The first-order valence-corrected chi connectivity index (χ1v) is 6.39. The van der Waals surface area contributed by atoms with Crippen molar-refractivity contribution in [2.75, 3.05) is 6.54 Å². The Balaban J connectivity index is 1.90. The molecule has 1 unspecified atom stereocenters. The highest BCUT2D eigenvalue weighted by molar-refractivity contribution is 5.00. The Bertz CT molecular complexity index is 320. The van der Waals surface area contributed by atoms with Crippen LogP contribution < -0.4 is 5.32 Å². The summed E-state index contributed by atoms with van der Waals surface area (Å²) in [5.74, 6) is 2.28. The molecule has 0 aromatic carbocycles. The molecule has 4 heteroatoms. The number of aromatic nitrogens is 2. The third kappa shape index (κ3) is 2.61. The van der Waals surface area contributed by atoms with Crippen LogP contribution in [0.5, 0.6) is 0 Å². The van der Waals surface area contributed by atoms with Crippen LogP contribution in [0, 0.1) is 0 Å². The van der Waals surface area contributed by atoms with Crippen molar-refractivity contribution in [1.82, 2.24) is 15.5 Å². The predicted molar refractivity (Wildman–Crippen MR) is 62.3 cm³/mol. The molecule has 4 nitrogen and oxygen atoms in total. The molecular formula is C12H21N3O. The third-order valence-corrected chi connectivity index (χ3v) is 3.36. The van der Waals surface area contributed by atoms with Crippen LogP contribution in [0.3, 0.4) is 0 Å². The maximum absolute atomic E-state index is 5.30. The second-order valence-corrected chi connectivity index (χ2v) is 4.54. The van der Waals surface area contributed by atoms with Crippen molar-refractivity contribution in [2.45, 2.75) is 57.9 Å². The maximum Gasteiger partial charge on any atom is 0.228 e. The lowest BCUT2D eigenvalue weighted by atomic mass is 9.85. The largest absolute Gasteiger partial charge is 0.339 e. The van der Waals surface area contributed by atoms with E-state index in [1.165, 1.54) is 19.3 Å². The summed E-state index contributed by atoms with van der Waals surface area (Å²) in [7, 11) is 0. The van der Waals surface area contributed by atoms with Crippen molar-refractivity contribution in [3.63, 3.8) is 0 Å². The number of hydrogen-bond acceptors (Lipinski definition) is 4. The Morgan fingerprint density at radius 2 is 2.25 bits per heavy atom. The van der Waals surface area contributed by atoms with E-state index in [1.807, 2.05) is 0 Å². The van der Waals surface area contributed by atoms with Crippen molar-refractivity contribution in [2.24, 2.45) is 0 Å². The van der Waals surface area contributed by atoms with Gasteiger partial charge in [0.05, 0.1) is 0 Å². The summed E-state index contributed by atoms with van der Waals surface area (Å²) in [5.41, 5.74) is 0. The van der Waals surface area contributed by atoms with E-state index in [0.717, 1.165) is 31.1 Å². The smallest absolute Gasteiger partial charge is 0.228 e. The van der Waals surface area contributed by atoms with Gasteiger partial charge >= 0.3 is 0 Å². The summed E-state index contributed by atoms with van der Waals surface area (Å²) >= 11 is 0. The summed E-state index contributed by atoms with van der Waals surface area (Å²) < 4.78 is 5.30. The summed E-state index contributed by atoms with van der Waals surface area (Å²) in [4.78, 5) is 4.48. The number of nitrogens with zero attached hydrogens (tertiary/aromatic N) is 2. The average Bonchev–Trinajstić information content (AvgIpc) is 2.63. The molecule has 2 rings (SSSR count). The van der Waals surface area contributed by atoms with Gasteiger partial charge in [-0.25, -0.2) is 0 Å². The first kappa shape index (κ1) is 11.6. The minimum atomic E-state index is 0.458. The lowest BCUT2D eigenvalue weighted by Crippen LogP contribution is -2.30. The Kier molecular flexibility index (Phi) is 3.93. The van der Waals surface area contributed by atoms with E-state index in [0.29, 0.717) is 12.0 Å². The van der Waals surface area contributed by atoms with Crippen LogP contribution in [0.2, 0.25) is 0 Å². The van der Waals surface area contributed by atoms with Crippen molar-refractivity contribution < 1.29 is 4.52 Å². The molecule has 0 bridgehead atoms. The van der Waals surface area contributed by atoms with E-state index in [9.17, 15) is 0 Å². The van der Waals surface area contributed by atoms with E-state index in [1.54, 1.807) is 0 Å². The Morgan fingerprint density at radius 1 is 1.44 bits per heavy atom. The van der Waals surface area contributed by atoms with Gasteiger partial charge < -0.3 is 9.84 Å². The molecule has 0 saturated heterocycles. The summed E-state index contributed by atoms with van der Waals surface area (Å²) in [5, 5.41) is 7.49. The first-order valence-electron chi connectivity index (χ1n) is 6.39. The van der Waals surface area contributed by atoms with Crippen LogP contribution in [-0.4, -0.2) is 22.7 Å². The van der Waals surface area contributed by atoms with Gasteiger partial charge in [-0.15, -0.1) is 0 Å². The van der Waals surface area contributed by atoms with Gasteiger partial charge in [-0.05, 0) is 25.8 Å². The van der Waals surface area contributed by atoms with Crippen LogP contribution >= 0.6 is 0 Å². The minimum Gasteiger partial charge on any atom is -0.339 e. The van der Waals surface area contributed by atoms with Gasteiger partial charge in [0, 0.05) is 18.4 Å². The zero-order valence-corrected chi connectivity index (χ0v) is 10.2. The van der Waals surface area contributed by atoms with Crippen LogP contribution in [-0.2, 0) is 6.42 Å². The molecule has 0 aliphatic heterocycles. The van der Waals surface area contributed by atoms with E-state index < -0.39 is 0 Å². The predicted octanol–water partition coefficient (Wildman–Crippen LogP) is 2.27. The average molecular weight is 223 g/mol. The molecule has 1 heterocycles.